The van der Waals surface area contributed by atoms with Gasteiger partial charge in [0, 0.05) is 23.8 Å². The van der Waals surface area contributed by atoms with Crippen molar-refractivity contribution in [2.45, 2.75) is 84.2 Å². The van der Waals surface area contributed by atoms with E-state index in [1.165, 1.54) is 0 Å². The second kappa shape index (κ2) is 4.80. The number of carbonyl (C=O) groups is 1. The number of halogens is 2. The van der Waals surface area contributed by atoms with Crippen LogP contribution in [0.4, 0.5) is 8.78 Å². The van der Waals surface area contributed by atoms with Crippen molar-refractivity contribution in [3.63, 3.8) is 0 Å². The van der Waals surface area contributed by atoms with Crippen molar-refractivity contribution in [3.05, 3.63) is 0 Å². The van der Waals surface area contributed by atoms with Crippen molar-refractivity contribution >= 4 is 5.78 Å². The highest BCUT2D eigenvalue weighted by Crippen LogP contribution is 2.42. The van der Waals surface area contributed by atoms with Gasteiger partial charge >= 0.3 is 0 Å². The monoisotopic (exact) mass is 275 g/mol. The fraction of sp³-hybridized carbons (Fsp3) is 0.933. The van der Waals surface area contributed by atoms with E-state index in [2.05, 4.69) is 5.32 Å². The molecule has 0 heterocycles. The van der Waals surface area contributed by atoms with Crippen LogP contribution >= 0.6 is 0 Å². The molecule has 0 atom stereocenters. The largest absolute Gasteiger partial charge is 0.300 e. The summed E-state index contributed by atoms with van der Waals surface area (Å²) >= 11 is 0. The average Bonchev–Trinajstić information content (AvgIpc) is 2.17. The third-order valence-corrected chi connectivity index (χ3v) is 3.57. The lowest BCUT2D eigenvalue weighted by Gasteiger charge is -2.46. The van der Waals surface area contributed by atoms with Gasteiger partial charge < -0.3 is 5.32 Å². The first kappa shape index (κ1) is 16.5. The first-order valence-corrected chi connectivity index (χ1v) is 7.00. The van der Waals surface area contributed by atoms with E-state index in [0.29, 0.717) is 0 Å². The van der Waals surface area contributed by atoms with E-state index in [9.17, 15) is 13.6 Å². The van der Waals surface area contributed by atoms with Crippen LogP contribution in [0.3, 0.4) is 0 Å². The molecule has 1 saturated carbocycles. The van der Waals surface area contributed by atoms with Crippen LogP contribution in [0.1, 0.15) is 67.2 Å². The van der Waals surface area contributed by atoms with Crippen molar-refractivity contribution in [3.8, 4) is 0 Å². The molecule has 19 heavy (non-hydrogen) atoms. The molecule has 2 nitrogen and oxygen atoms in total. The van der Waals surface area contributed by atoms with Crippen molar-refractivity contribution in [2.24, 2.45) is 5.41 Å². The SMILES string of the molecule is CC(C)(C)NC1(C(=O)C(C)(C)C)CCC(F)(F)CC1. The summed E-state index contributed by atoms with van der Waals surface area (Å²) in [5.41, 5.74) is -1.60. The molecular weight excluding hydrogens is 248 g/mol. The van der Waals surface area contributed by atoms with Crippen molar-refractivity contribution < 1.29 is 13.6 Å². The van der Waals surface area contributed by atoms with Gasteiger partial charge in [0.05, 0.1) is 5.54 Å². The molecule has 0 amide bonds. The molecule has 0 spiro atoms. The molecule has 1 rings (SSSR count). The van der Waals surface area contributed by atoms with Crippen LogP contribution in [0.2, 0.25) is 0 Å². The van der Waals surface area contributed by atoms with Crippen LogP contribution < -0.4 is 5.32 Å². The Kier molecular flexibility index (Phi) is 4.18. The number of hydrogen-bond acceptors (Lipinski definition) is 2. The van der Waals surface area contributed by atoms with Gasteiger partial charge in [0.25, 0.3) is 0 Å². The zero-order valence-corrected chi connectivity index (χ0v) is 13.0. The summed E-state index contributed by atoms with van der Waals surface area (Å²) < 4.78 is 26.8. The summed E-state index contributed by atoms with van der Waals surface area (Å²) in [6.07, 6.45) is 0.0105. The lowest BCUT2D eigenvalue weighted by molar-refractivity contribution is -0.140. The van der Waals surface area contributed by atoms with Gasteiger partial charge in [-0.3, -0.25) is 4.79 Å². The van der Waals surface area contributed by atoms with Crippen LogP contribution in [0.25, 0.3) is 0 Å². The number of ketones is 1. The number of hydrogen-bond donors (Lipinski definition) is 1. The number of Topliss-reactive ketones (excluding diaryl/α,β-unsaturated/α-hetero) is 1. The minimum Gasteiger partial charge on any atom is -0.300 e. The van der Waals surface area contributed by atoms with Crippen LogP contribution in [0.5, 0.6) is 0 Å². The lowest BCUT2D eigenvalue weighted by atomic mass is 9.69. The van der Waals surface area contributed by atoms with Gasteiger partial charge in [0.1, 0.15) is 0 Å². The minimum absolute atomic E-state index is 0.0467. The van der Waals surface area contributed by atoms with E-state index in [-0.39, 0.29) is 37.0 Å². The van der Waals surface area contributed by atoms with Crippen LogP contribution in [0, 0.1) is 5.41 Å². The Balaban J connectivity index is 3.03. The molecule has 1 fully saturated rings. The molecule has 0 saturated heterocycles. The summed E-state index contributed by atoms with van der Waals surface area (Å²) in [5, 5.41) is 3.33. The third kappa shape index (κ3) is 4.23. The quantitative estimate of drug-likeness (QED) is 0.827. The second-order valence-electron chi connectivity index (χ2n) is 7.89. The van der Waals surface area contributed by atoms with Gasteiger partial charge in [-0.25, -0.2) is 8.78 Å². The number of alkyl halides is 2. The summed E-state index contributed by atoms with van der Waals surface area (Å²) in [4.78, 5) is 12.7. The normalized spacial score (nSPS) is 23.2. The van der Waals surface area contributed by atoms with E-state index in [4.69, 9.17) is 0 Å². The standard InChI is InChI=1S/C15H27F2NO/c1-12(2,3)11(19)14(18-13(4,5)6)7-9-15(16,17)10-8-14/h18H,7-10H2,1-6H3. The molecule has 0 aromatic carbocycles. The first-order valence-electron chi connectivity index (χ1n) is 7.00. The average molecular weight is 275 g/mol. The maximum absolute atomic E-state index is 13.4. The molecule has 0 aromatic heterocycles. The van der Waals surface area contributed by atoms with E-state index in [1.807, 2.05) is 41.5 Å². The predicted molar refractivity (Wildman–Crippen MR) is 73.5 cm³/mol. The van der Waals surface area contributed by atoms with E-state index in [1.54, 1.807) is 0 Å². The van der Waals surface area contributed by atoms with Gasteiger partial charge in [0.2, 0.25) is 5.92 Å². The molecule has 0 aromatic rings. The van der Waals surface area contributed by atoms with Crippen molar-refractivity contribution in [1.82, 2.24) is 5.32 Å². The molecule has 112 valence electrons. The van der Waals surface area contributed by atoms with Gasteiger partial charge in [-0.2, -0.15) is 0 Å². The molecule has 4 heteroatoms. The van der Waals surface area contributed by atoms with E-state index >= 15 is 0 Å². The maximum Gasteiger partial charge on any atom is 0.248 e. The Morgan fingerprint density at radius 1 is 0.947 bits per heavy atom. The van der Waals surface area contributed by atoms with Gasteiger partial charge in [0.15, 0.2) is 5.78 Å². The van der Waals surface area contributed by atoms with Crippen LogP contribution in [-0.4, -0.2) is 22.8 Å². The first-order chi connectivity index (χ1) is 8.28. The zero-order valence-electron chi connectivity index (χ0n) is 13.0. The van der Waals surface area contributed by atoms with E-state index in [0.717, 1.165) is 0 Å². The number of nitrogens with one attached hydrogen (secondary N) is 1. The number of rotatable bonds is 2. The Hall–Kier alpha value is -0.510. The zero-order chi connectivity index (χ0) is 15.1. The van der Waals surface area contributed by atoms with Crippen molar-refractivity contribution in [1.29, 1.82) is 0 Å². The highest BCUT2D eigenvalue weighted by atomic mass is 19.3. The summed E-state index contributed by atoms with van der Waals surface area (Å²) in [7, 11) is 0. The Morgan fingerprint density at radius 2 is 1.37 bits per heavy atom. The molecule has 1 N–H and O–H groups in total. The second-order valence-corrected chi connectivity index (χ2v) is 7.89. The van der Waals surface area contributed by atoms with Crippen molar-refractivity contribution in [2.75, 3.05) is 0 Å². The molecular formula is C15H27F2NO. The molecule has 1 aliphatic carbocycles. The molecule has 0 bridgehead atoms. The fourth-order valence-corrected chi connectivity index (χ4v) is 2.89. The van der Waals surface area contributed by atoms with Gasteiger partial charge in [-0.05, 0) is 33.6 Å². The summed E-state index contributed by atoms with van der Waals surface area (Å²) in [6.45, 7) is 11.5. The summed E-state index contributed by atoms with van der Waals surface area (Å²) in [5.74, 6) is -2.58. The van der Waals surface area contributed by atoms with Crippen LogP contribution in [0.15, 0.2) is 0 Å². The molecule has 1 aliphatic rings. The Labute approximate surface area is 115 Å². The number of carbonyl (C=O) groups excluding carboxylic acids is 1. The smallest absolute Gasteiger partial charge is 0.248 e. The molecule has 0 aliphatic heterocycles. The predicted octanol–water partition coefficient (Wildman–Crippen LogP) is 3.94. The third-order valence-electron chi connectivity index (χ3n) is 3.57. The molecule has 0 unspecified atom stereocenters. The van der Waals surface area contributed by atoms with Gasteiger partial charge in [-0.15, -0.1) is 0 Å². The van der Waals surface area contributed by atoms with Crippen LogP contribution in [-0.2, 0) is 4.79 Å². The highest BCUT2D eigenvalue weighted by Gasteiger charge is 2.51. The lowest BCUT2D eigenvalue weighted by Crippen LogP contribution is -2.63. The highest BCUT2D eigenvalue weighted by molar-refractivity contribution is 5.93. The Bertz CT molecular complexity index is 340. The topological polar surface area (TPSA) is 29.1 Å². The minimum atomic E-state index is -2.62. The van der Waals surface area contributed by atoms with E-state index < -0.39 is 16.9 Å². The molecule has 0 radical (unpaired) electrons. The fourth-order valence-electron chi connectivity index (χ4n) is 2.89. The maximum atomic E-state index is 13.4. The summed E-state index contributed by atoms with van der Waals surface area (Å²) in [6, 6.07) is 0. The Morgan fingerprint density at radius 3 is 1.68 bits per heavy atom. The van der Waals surface area contributed by atoms with Gasteiger partial charge in [-0.1, -0.05) is 20.8 Å².